The molecule has 3 aliphatic rings. The summed E-state index contributed by atoms with van der Waals surface area (Å²) in [7, 11) is 0. The van der Waals surface area contributed by atoms with Crippen LogP contribution in [0.15, 0.2) is 36.4 Å². The van der Waals surface area contributed by atoms with E-state index in [-0.39, 0.29) is 24.0 Å². The highest BCUT2D eigenvalue weighted by molar-refractivity contribution is 6.23. The van der Waals surface area contributed by atoms with Crippen LogP contribution in [0, 0.1) is 11.8 Å². The molecule has 0 radical (unpaired) electrons. The molecule has 3 aliphatic heterocycles. The molecule has 2 saturated heterocycles. The Bertz CT molecular complexity index is 682. The van der Waals surface area contributed by atoms with E-state index in [1.807, 2.05) is 17.6 Å². The second-order valence-electron chi connectivity index (χ2n) is 5.53. The number of nitrogens with two attached hydrogens (primary N) is 1. The number of imide groups is 1. The minimum absolute atomic E-state index is 0.247. The number of benzene rings is 1. The van der Waals surface area contributed by atoms with Crippen LogP contribution in [0.5, 0.6) is 0 Å². The first-order chi connectivity index (χ1) is 10.6. The van der Waals surface area contributed by atoms with E-state index >= 15 is 0 Å². The van der Waals surface area contributed by atoms with Gasteiger partial charge in [-0.25, -0.2) is 10.7 Å². The number of nitrogen functional groups attached to an aromatic ring is 1. The third-order valence-electron chi connectivity index (χ3n) is 4.43. The summed E-state index contributed by atoms with van der Waals surface area (Å²) in [5, 5.41) is 0. The van der Waals surface area contributed by atoms with Crippen molar-refractivity contribution < 1.29 is 19.1 Å². The number of rotatable bonds is 2. The summed E-state index contributed by atoms with van der Waals surface area (Å²) in [4.78, 5) is 37.7. The van der Waals surface area contributed by atoms with Crippen LogP contribution in [0.3, 0.4) is 0 Å². The number of nitrogens with zero attached hydrogens (tertiary/aromatic N) is 1. The van der Waals surface area contributed by atoms with Crippen molar-refractivity contribution in [2.24, 2.45) is 17.7 Å². The molecule has 0 aromatic heterocycles. The zero-order valence-electron chi connectivity index (χ0n) is 11.4. The van der Waals surface area contributed by atoms with Crippen LogP contribution < -0.4 is 16.2 Å². The Morgan fingerprint density at radius 2 is 1.59 bits per heavy atom. The molecular formula is C15H13N3O4. The fourth-order valence-corrected chi connectivity index (χ4v) is 3.40. The smallest absolute Gasteiger partial charge is 0.265 e. The fraction of sp³-hybridized carbons (Fsp3) is 0.267. The molecule has 3 heterocycles. The van der Waals surface area contributed by atoms with Gasteiger partial charge < -0.3 is 4.74 Å². The van der Waals surface area contributed by atoms with Crippen LogP contribution in [0.25, 0.3) is 0 Å². The quantitative estimate of drug-likeness (QED) is 0.257. The molecule has 4 atom stereocenters. The summed E-state index contributed by atoms with van der Waals surface area (Å²) >= 11 is 0. The van der Waals surface area contributed by atoms with Crippen molar-refractivity contribution in [3.8, 4) is 0 Å². The van der Waals surface area contributed by atoms with Crippen LogP contribution in [-0.4, -0.2) is 29.9 Å². The third kappa shape index (κ3) is 1.60. The van der Waals surface area contributed by atoms with Gasteiger partial charge in [-0.2, -0.15) is 0 Å². The predicted octanol–water partition coefficient (Wildman–Crippen LogP) is -0.267. The Hall–Kier alpha value is -2.51. The van der Waals surface area contributed by atoms with Crippen LogP contribution >= 0.6 is 0 Å². The molecule has 2 bridgehead atoms. The van der Waals surface area contributed by atoms with Gasteiger partial charge in [-0.05, 0) is 24.3 Å². The average Bonchev–Trinajstić information content (AvgIpc) is 3.21. The second-order valence-corrected chi connectivity index (χ2v) is 5.53. The largest absolute Gasteiger partial charge is 0.365 e. The molecule has 0 spiro atoms. The van der Waals surface area contributed by atoms with Crippen LogP contribution in [0.4, 0.5) is 5.69 Å². The molecule has 2 fully saturated rings. The summed E-state index contributed by atoms with van der Waals surface area (Å²) in [6.07, 6.45) is 3.07. The number of hydrogen-bond donors (Lipinski definition) is 2. The predicted molar refractivity (Wildman–Crippen MR) is 75.4 cm³/mol. The summed E-state index contributed by atoms with van der Waals surface area (Å²) in [5.74, 6) is 3.27. The molecule has 1 aromatic rings. The zero-order valence-corrected chi connectivity index (χ0v) is 11.4. The second kappa shape index (κ2) is 4.49. The van der Waals surface area contributed by atoms with Gasteiger partial charge in [0.25, 0.3) is 5.91 Å². The molecular weight excluding hydrogens is 286 g/mol. The molecule has 4 rings (SSSR count). The highest BCUT2D eigenvalue weighted by atomic mass is 16.5. The van der Waals surface area contributed by atoms with Gasteiger partial charge in [0.15, 0.2) is 0 Å². The van der Waals surface area contributed by atoms with Crippen LogP contribution in [-0.2, 0) is 14.3 Å². The van der Waals surface area contributed by atoms with Crippen molar-refractivity contribution in [3.05, 3.63) is 42.0 Å². The number of carbonyl (C=O) groups is 3. The Morgan fingerprint density at radius 1 is 1.05 bits per heavy atom. The maximum atomic E-state index is 12.6. The highest BCUT2D eigenvalue weighted by Crippen LogP contribution is 2.46. The van der Waals surface area contributed by atoms with Gasteiger partial charge in [-0.15, -0.1) is 0 Å². The number of nitrogens with one attached hydrogen (secondary N) is 1. The number of ether oxygens (including phenoxy) is 1. The van der Waals surface area contributed by atoms with Crippen molar-refractivity contribution >= 4 is 23.4 Å². The summed E-state index contributed by atoms with van der Waals surface area (Å²) < 4.78 is 5.58. The molecule has 4 unspecified atom stereocenters. The van der Waals surface area contributed by atoms with Crippen LogP contribution in [0.1, 0.15) is 10.4 Å². The molecule has 112 valence electrons. The van der Waals surface area contributed by atoms with Crippen molar-refractivity contribution in [1.29, 1.82) is 0 Å². The van der Waals surface area contributed by atoms with Gasteiger partial charge in [0.1, 0.15) is 0 Å². The lowest BCUT2D eigenvalue weighted by atomic mass is 9.85. The fourth-order valence-electron chi connectivity index (χ4n) is 3.40. The van der Waals surface area contributed by atoms with Crippen molar-refractivity contribution in [3.63, 3.8) is 0 Å². The SMILES string of the molecule is NNC(=O)c1ccc(N2C(=O)C3C4C=CC(O4)C3C2=O)cc1. The molecule has 3 N–H and O–H groups in total. The van der Waals surface area contributed by atoms with Crippen molar-refractivity contribution in [2.75, 3.05) is 4.90 Å². The first-order valence-electron chi connectivity index (χ1n) is 6.94. The topological polar surface area (TPSA) is 102 Å². The Morgan fingerprint density at radius 3 is 2.09 bits per heavy atom. The monoisotopic (exact) mass is 299 g/mol. The molecule has 0 saturated carbocycles. The summed E-state index contributed by atoms with van der Waals surface area (Å²) in [6.45, 7) is 0. The number of hydrazine groups is 1. The van der Waals surface area contributed by atoms with E-state index in [1.165, 1.54) is 17.0 Å². The van der Waals surface area contributed by atoms with Crippen molar-refractivity contribution in [2.45, 2.75) is 12.2 Å². The van der Waals surface area contributed by atoms with Gasteiger partial charge in [-0.3, -0.25) is 19.8 Å². The van der Waals surface area contributed by atoms with Gasteiger partial charge in [0.2, 0.25) is 11.8 Å². The minimum Gasteiger partial charge on any atom is -0.365 e. The molecule has 22 heavy (non-hydrogen) atoms. The van der Waals surface area contributed by atoms with E-state index in [1.54, 1.807) is 12.1 Å². The van der Waals surface area contributed by atoms with Gasteiger partial charge >= 0.3 is 0 Å². The van der Waals surface area contributed by atoms with E-state index in [2.05, 4.69) is 0 Å². The van der Waals surface area contributed by atoms with E-state index in [0.717, 1.165) is 0 Å². The van der Waals surface area contributed by atoms with Gasteiger partial charge in [-0.1, -0.05) is 12.2 Å². The average molecular weight is 299 g/mol. The van der Waals surface area contributed by atoms with Gasteiger partial charge in [0, 0.05) is 5.56 Å². The Balaban J connectivity index is 1.65. The Labute approximate surface area is 125 Å². The third-order valence-corrected chi connectivity index (χ3v) is 4.43. The number of hydrogen-bond acceptors (Lipinski definition) is 5. The minimum atomic E-state index is -0.436. The highest BCUT2D eigenvalue weighted by Gasteiger charge is 2.60. The molecule has 7 heteroatoms. The van der Waals surface area contributed by atoms with Gasteiger partial charge in [0.05, 0.1) is 29.7 Å². The number of carbonyl (C=O) groups excluding carboxylic acids is 3. The number of fused-ring (bicyclic) bond motifs is 5. The zero-order chi connectivity index (χ0) is 15.4. The van der Waals surface area contributed by atoms with E-state index < -0.39 is 17.7 Å². The lowest BCUT2D eigenvalue weighted by Crippen LogP contribution is -2.34. The lowest BCUT2D eigenvalue weighted by molar-refractivity contribution is -0.124. The summed E-state index contributed by atoms with van der Waals surface area (Å²) in [5.41, 5.74) is 2.84. The molecule has 7 nitrogen and oxygen atoms in total. The van der Waals surface area contributed by atoms with E-state index in [4.69, 9.17) is 10.6 Å². The first kappa shape index (κ1) is 13.2. The lowest BCUT2D eigenvalue weighted by Gasteiger charge is -2.17. The van der Waals surface area contributed by atoms with E-state index in [9.17, 15) is 14.4 Å². The van der Waals surface area contributed by atoms with E-state index in [0.29, 0.717) is 11.3 Å². The van der Waals surface area contributed by atoms with Crippen LogP contribution in [0.2, 0.25) is 0 Å². The van der Waals surface area contributed by atoms with Crippen molar-refractivity contribution in [1.82, 2.24) is 5.43 Å². The standard InChI is InChI=1S/C15H13N3O4/c16-17-13(19)7-1-3-8(4-2-7)18-14(20)11-9-5-6-10(22-9)12(11)15(18)21/h1-6,9-12H,16H2,(H,17,19). The maximum absolute atomic E-state index is 12.6. The maximum Gasteiger partial charge on any atom is 0.265 e. The molecule has 0 aliphatic carbocycles. The molecule has 3 amide bonds. The first-order valence-corrected chi connectivity index (χ1v) is 6.94. The molecule has 1 aromatic carbocycles. The number of anilines is 1. The normalized spacial score (nSPS) is 31.8. The Kier molecular flexibility index (Phi) is 2.69. The number of amides is 3. The summed E-state index contributed by atoms with van der Waals surface area (Å²) in [6, 6.07) is 6.18.